The smallest absolute Gasteiger partial charge is 0.104 e. The van der Waals surface area contributed by atoms with Gasteiger partial charge in [0.05, 0.1) is 0 Å². The highest BCUT2D eigenvalue weighted by Crippen LogP contribution is 2.33. The van der Waals surface area contributed by atoms with E-state index < -0.39 is 0 Å². The average molecular weight is 226 g/mol. The molecule has 0 radical (unpaired) electrons. The van der Waals surface area contributed by atoms with Crippen molar-refractivity contribution in [2.24, 2.45) is 10.4 Å². The van der Waals surface area contributed by atoms with E-state index in [2.05, 4.69) is 44.8 Å². The van der Waals surface area contributed by atoms with Gasteiger partial charge in [0, 0.05) is 26.6 Å². The van der Waals surface area contributed by atoms with E-state index in [4.69, 9.17) is 0 Å². The van der Waals surface area contributed by atoms with Gasteiger partial charge in [0.25, 0.3) is 0 Å². The van der Waals surface area contributed by atoms with Gasteiger partial charge in [-0.15, -0.1) is 0 Å². The fraction of sp³-hybridized carbons (Fsp3) is 0.929. The maximum atomic E-state index is 4.51. The summed E-state index contributed by atoms with van der Waals surface area (Å²) < 4.78 is 0. The summed E-state index contributed by atoms with van der Waals surface area (Å²) in [6, 6.07) is 0. The normalized spacial score (nSPS) is 13.0. The van der Waals surface area contributed by atoms with E-state index in [1.807, 2.05) is 7.05 Å². The van der Waals surface area contributed by atoms with Crippen LogP contribution in [0, 0.1) is 5.41 Å². The van der Waals surface area contributed by atoms with Crippen molar-refractivity contribution in [3.8, 4) is 0 Å². The monoisotopic (exact) mass is 226 g/mol. The van der Waals surface area contributed by atoms with Gasteiger partial charge in [-0.2, -0.15) is 0 Å². The quantitative estimate of drug-likeness (QED) is 0.474. The van der Waals surface area contributed by atoms with Crippen LogP contribution < -0.4 is 0 Å². The Hall–Kier alpha value is -0.530. The summed E-state index contributed by atoms with van der Waals surface area (Å²) >= 11 is 0. The van der Waals surface area contributed by atoms with Crippen LogP contribution >= 0.6 is 0 Å². The summed E-state index contributed by atoms with van der Waals surface area (Å²) in [6.45, 7) is 6.90. The van der Waals surface area contributed by atoms with Gasteiger partial charge in [0.1, 0.15) is 5.84 Å². The first-order chi connectivity index (χ1) is 7.51. The van der Waals surface area contributed by atoms with E-state index in [0.29, 0.717) is 0 Å². The van der Waals surface area contributed by atoms with E-state index in [1.54, 1.807) is 0 Å². The molecule has 0 bridgehead atoms. The molecule has 0 aromatic carbocycles. The van der Waals surface area contributed by atoms with Gasteiger partial charge in [-0.25, -0.2) is 0 Å². The Bertz CT molecular complexity index is 199. The van der Waals surface area contributed by atoms with E-state index in [-0.39, 0.29) is 5.41 Å². The van der Waals surface area contributed by atoms with Crippen molar-refractivity contribution in [2.75, 3.05) is 21.1 Å². The van der Waals surface area contributed by atoms with Gasteiger partial charge in [0.15, 0.2) is 0 Å². The third-order valence-corrected chi connectivity index (χ3v) is 3.34. The van der Waals surface area contributed by atoms with Crippen LogP contribution in [-0.4, -0.2) is 31.9 Å². The molecule has 2 nitrogen and oxygen atoms in total. The van der Waals surface area contributed by atoms with Crippen LogP contribution in [0.2, 0.25) is 0 Å². The lowest BCUT2D eigenvalue weighted by molar-refractivity contribution is 0.333. The number of hydrogen-bond donors (Lipinski definition) is 0. The second-order valence-electron chi connectivity index (χ2n) is 5.21. The molecule has 0 saturated heterocycles. The largest absolute Gasteiger partial charge is 0.366 e. The van der Waals surface area contributed by atoms with E-state index >= 15 is 0 Å². The maximum Gasteiger partial charge on any atom is 0.104 e. The summed E-state index contributed by atoms with van der Waals surface area (Å²) in [5.74, 6) is 1.26. The van der Waals surface area contributed by atoms with Crippen molar-refractivity contribution >= 4 is 5.84 Å². The van der Waals surface area contributed by atoms with Crippen LogP contribution in [0.25, 0.3) is 0 Å². The molecule has 0 aliphatic rings. The van der Waals surface area contributed by atoms with Crippen LogP contribution in [0.15, 0.2) is 4.99 Å². The minimum absolute atomic E-state index is 0.268. The molecule has 0 unspecified atom stereocenters. The number of rotatable bonds is 7. The second-order valence-corrected chi connectivity index (χ2v) is 5.21. The van der Waals surface area contributed by atoms with Crippen LogP contribution in [0.3, 0.4) is 0 Å². The summed E-state index contributed by atoms with van der Waals surface area (Å²) in [4.78, 5) is 6.69. The Kier molecular flexibility index (Phi) is 7.44. The lowest BCUT2D eigenvalue weighted by Gasteiger charge is -2.35. The van der Waals surface area contributed by atoms with Crippen molar-refractivity contribution in [3.63, 3.8) is 0 Å². The third kappa shape index (κ3) is 4.54. The molecule has 2 heteroatoms. The predicted molar refractivity (Wildman–Crippen MR) is 74.2 cm³/mol. The molecular formula is C14H30N2. The highest BCUT2D eigenvalue weighted by molar-refractivity contribution is 5.87. The summed E-state index contributed by atoms with van der Waals surface area (Å²) in [6.07, 6.45) is 7.65. The first-order valence-corrected chi connectivity index (χ1v) is 6.66. The zero-order valence-corrected chi connectivity index (χ0v) is 12.1. The summed E-state index contributed by atoms with van der Waals surface area (Å²) in [5.41, 5.74) is 0.268. The molecule has 0 heterocycles. The highest BCUT2D eigenvalue weighted by atomic mass is 15.1. The highest BCUT2D eigenvalue weighted by Gasteiger charge is 2.30. The average Bonchev–Trinajstić information content (AvgIpc) is 2.24. The number of amidine groups is 1. The molecule has 0 aromatic heterocycles. The van der Waals surface area contributed by atoms with Crippen molar-refractivity contribution < 1.29 is 0 Å². The van der Waals surface area contributed by atoms with E-state index in [9.17, 15) is 0 Å². The molecule has 0 N–H and O–H groups in total. The molecule has 0 fully saturated rings. The minimum Gasteiger partial charge on any atom is -0.366 e. The number of unbranched alkanes of at least 4 members (excludes halogenated alkanes) is 2. The van der Waals surface area contributed by atoms with Crippen molar-refractivity contribution in [1.82, 2.24) is 4.90 Å². The fourth-order valence-electron chi connectivity index (χ4n) is 2.49. The van der Waals surface area contributed by atoms with Crippen LogP contribution in [0.5, 0.6) is 0 Å². The SMILES string of the molecule is CCCCC(C)(CCCC)C(=NC)N(C)C. The van der Waals surface area contributed by atoms with Gasteiger partial charge in [-0.3, -0.25) is 4.99 Å². The van der Waals surface area contributed by atoms with E-state index in [0.717, 1.165) is 0 Å². The molecule has 0 rings (SSSR count). The second kappa shape index (κ2) is 7.70. The Morgan fingerprint density at radius 1 is 1.06 bits per heavy atom. The van der Waals surface area contributed by atoms with Crippen LogP contribution in [0.4, 0.5) is 0 Å². The lowest BCUT2D eigenvalue weighted by atomic mass is 9.78. The zero-order chi connectivity index (χ0) is 12.6. The molecule has 0 aliphatic carbocycles. The van der Waals surface area contributed by atoms with Crippen molar-refractivity contribution in [1.29, 1.82) is 0 Å². The van der Waals surface area contributed by atoms with Crippen molar-refractivity contribution in [3.05, 3.63) is 0 Å². The van der Waals surface area contributed by atoms with Gasteiger partial charge in [-0.05, 0) is 12.8 Å². The number of aliphatic imine (C=N–C) groups is 1. The van der Waals surface area contributed by atoms with Gasteiger partial charge in [-0.1, -0.05) is 46.5 Å². The van der Waals surface area contributed by atoms with Gasteiger partial charge >= 0.3 is 0 Å². The molecule has 16 heavy (non-hydrogen) atoms. The molecule has 0 spiro atoms. The third-order valence-electron chi connectivity index (χ3n) is 3.34. The summed E-state index contributed by atoms with van der Waals surface area (Å²) in [5, 5.41) is 0. The molecule has 0 amide bonds. The van der Waals surface area contributed by atoms with Crippen molar-refractivity contribution in [2.45, 2.75) is 59.3 Å². The summed E-state index contributed by atoms with van der Waals surface area (Å²) in [7, 11) is 6.14. The Balaban J connectivity index is 4.73. The molecule has 0 aliphatic heterocycles. The van der Waals surface area contributed by atoms with E-state index in [1.165, 1.54) is 44.4 Å². The Morgan fingerprint density at radius 3 is 1.75 bits per heavy atom. The van der Waals surface area contributed by atoms with Crippen LogP contribution in [-0.2, 0) is 0 Å². The number of nitrogens with zero attached hydrogens (tertiary/aromatic N) is 2. The standard InChI is InChI=1S/C14H30N2/c1-7-9-11-14(3,12-10-8-2)13(15-4)16(5)6/h7-12H2,1-6H3. The molecule has 0 saturated carbocycles. The zero-order valence-electron chi connectivity index (χ0n) is 12.1. The topological polar surface area (TPSA) is 15.6 Å². The lowest BCUT2D eigenvalue weighted by Crippen LogP contribution is -2.38. The first kappa shape index (κ1) is 15.5. The Morgan fingerprint density at radius 2 is 1.50 bits per heavy atom. The fourth-order valence-corrected chi connectivity index (χ4v) is 2.49. The number of hydrogen-bond acceptors (Lipinski definition) is 1. The first-order valence-electron chi connectivity index (χ1n) is 6.66. The van der Waals surface area contributed by atoms with Gasteiger partial charge in [0.2, 0.25) is 0 Å². The Labute approximate surface area is 102 Å². The molecule has 96 valence electrons. The molecule has 0 aromatic rings. The maximum absolute atomic E-state index is 4.51. The van der Waals surface area contributed by atoms with Crippen LogP contribution in [0.1, 0.15) is 59.3 Å². The molecule has 0 atom stereocenters. The van der Waals surface area contributed by atoms with Gasteiger partial charge < -0.3 is 4.90 Å². The minimum atomic E-state index is 0.268. The molecular weight excluding hydrogens is 196 g/mol. The predicted octanol–water partition coefficient (Wildman–Crippen LogP) is 3.96.